The normalized spacial score (nSPS) is 10.7. The van der Waals surface area contributed by atoms with Crippen molar-refractivity contribution in [2.75, 3.05) is 20.3 Å². The highest BCUT2D eigenvalue weighted by molar-refractivity contribution is 5.06. The molecule has 0 unspecified atom stereocenters. The molecule has 3 heteroatoms. The predicted molar refractivity (Wildman–Crippen MR) is 58.3 cm³/mol. The molecule has 1 aromatic heterocycles. The van der Waals surface area contributed by atoms with E-state index in [1.807, 2.05) is 7.05 Å². The molecule has 0 atom stereocenters. The highest BCUT2D eigenvalue weighted by Gasteiger charge is 1.98. The monoisotopic (exact) mass is 196 g/mol. The van der Waals surface area contributed by atoms with E-state index in [1.54, 1.807) is 0 Å². The van der Waals surface area contributed by atoms with Gasteiger partial charge in [0.25, 0.3) is 0 Å². The van der Waals surface area contributed by atoms with E-state index in [9.17, 15) is 0 Å². The van der Waals surface area contributed by atoms with Gasteiger partial charge in [0.1, 0.15) is 0 Å². The van der Waals surface area contributed by atoms with Gasteiger partial charge in [0, 0.05) is 31.6 Å². The van der Waals surface area contributed by atoms with Crippen LogP contribution in [0, 0.1) is 0 Å². The minimum absolute atomic E-state index is 0.805. The third kappa shape index (κ3) is 3.52. The number of nitrogens with one attached hydrogen (secondary N) is 1. The summed E-state index contributed by atoms with van der Waals surface area (Å²) in [7, 11) is 1.96. The lowest BCUT2D eigenvalue weighted by molar-refractivity contribution is 0.126. The number of nitrogens with zero attached hydrogens (tertiary/aromatic N) is 1. The highest BCUT2D eigenvalue weighted by Crippen LogP contribution is 2.01. The molecule has 0 spiro atoms. The first-order valence-electron chi connectivity index (χ1n) is 5.24. The summed E-state index contributed by atoms with van der Waals surface area (Å²) in [5, 5.41) is 3.15. The van der Waals surface area contributed by atoms with Crippen molar-refractivity contribution in [3.8, 4) is 0 Å². The Kier molecular flexibility index (Phi) is 5.33. The minimum atomic E-state index is 0.805. The van der Waals surface area contributed by atoms with E-state index in [4.69, 9.17) is 4.74 Å². The second-order valence-electron chi connectivity index (χ2n) is 3.34. The maximum atomic E-state index is 5.45. The molecule has 3 nitrogen and oxygen atoms in total. The molecular weight excluding hydrogens is 176 g/mol. The zero-order chi connectivity index (χ0) is 10.2. The number of hydrogen-bond donors (Lipinski definition) is 1. The van der Waals surface area contributed by atoms with Crippen molar-refractivity contribution in [2.45, 2.75) is 26.4 Å². The number of hydrogen-bond acceptors (Lipinski definition) is 2. The van der Waals surface area contributed by atoms with Gasteiger partial charge in [0.15, 0.2) is 0 Å². The van der Waals surface area contributed by atoms with Crippen LogP contribution in [0.1, 0.15) is 19.0 Å². The molecule has 80 valence electrons. The third-order valence-electron chi connectivity index (χ3n) is 2.11. The van der Waals surface area contributed by atoms with Crippen LogP contribution in [0.3, 0.4) is 0 Å². The quantitative estimate of drug-likeness (QED) is 0.671. The van der Waals surface area contributed by atoms with Crippen molar-refractivity contribution in [3.63, 3.8) is 0 Å². The maximum Gasteiger partial charge on any atom is 0.0645 e. The second kappa shape index (κ2) is 6.62. The summed E-state index contributed by atoms with van der Waals surface area (Å²) in [6.07, 6.45) is 3.19. The molecule has 0 aromatic carbocycles. The summed E-state index contributed by atoms with van der Waals surface area (Å²) in [5.41, 5.74) is 1.31. The van der Waals surface area contributed by atoms with E-state index in [0.717, 1.165) is 32.7 Å². The van der Waals surface area contributed by atoms with Crippen molar-refractivity contribution in [2.24, 2.45) is 0 Å². The second-order valence-corrected chi connectivity index (χ2v) is 3.34. The van der Waals surface area contributed by atoms with E-state index < -0.39 is 0 Å². The Morgan fingerprint density at radius 1 is 1.43 bits per heavy atom. The van der Waals surface area contributed by atoms with Gasteiger partial charge in [-0.15, -0.1) is 0 Å². The fourth-order valence-electron chi connectivity index (χ4n) is 1.42. The van der Waals surface area contributed by atoms with E-state index in [1.165, 1.54) is 5.69 Å². The number of aromatic nitrogens is 1. The van der Waals surface area contributed by atoms with Gasteiger partial charge in [0.2, 0.25) is 0 Å². The molecule has 1 heterocycles. The molecule has 14 heavy (non-hydrogen) atoms. The lowest BCUT2D eigenvalue weighted by atomic mass is 10.4. The van der Waals surface area contributed by atoms with E-state index in [0.29, 0.717) is 0 Å². The van der Waals surface area contributed by atoms with Crippen molar-refractivity contribution in [1.82, 2.24) is 9.88 Å². The molecule has 0 amide bonds. The smallest absolute Gasteiger partial charge is 0.0645 e. The summed E-state index contributed by atoms with van der Waals surface area (Å²) < 4.78 is 7.68. The van der Waals surface area contributed by atoms with Crippen LogP contribution in [0.25, 0.3) is 0 Å². The van der Waals surface area contributed by atoms with Crippen LogP contribution in [0.15, 0.2) is 18.3 Å². The number of ether oxygens (including phenoxy) is 1. The van der Waals surface area contributed by atoms with E-state index >= 15 is 0 Å². The zero-order valence-electron chi connectivity index (χ0n) is 9.12. The van der Waals surface area contributed by atoms with Gasteiger partial charge >= 0.3 is 0 Å². The molecule has 0 radical (unpaired) electrons. The standard InChI is InChI=1S/C11H20N2O/c1-3-8-14-9-7-13-6-4-5-11(13)10-12-2/h4-6,12H,3,7-10H2,1-2H3. The average molecular weight is 196 g/mol. The number of rotatable bonds is 7. The predicted octanol–water partition coefficient (Wildman–Crippen LogP) is 1.63. The van der Waals surface area contributed by atoms with Crippen molar-refractivity contribution in [3.05, 3.63) is 24.0 Å². The molecule has 0 bridgehead atoms. The van der Waals surface area contributed by atoms with Crippen LogP contribution in [0.5, 0.6) is 0 Å². The minimum Gasteiger partial charge on any atom is -0.380 e. The Bertz CT molecular complexity index is 245. The molecule has 0 saturated heterocycles. The van der Waals surface area contributed by atoms with Crippen LogP contribution >= 0.6 is 0 Å². The fraction of sp³-hybridized carbons (Fsp3) is 0.636. The topological polar surface area (TPSA) is 26.2 Å². The van der Waals surface area contributed by atoms with Gasteiger partial charge in [-0.25, -0.2) is 0 Å². The Labute approximate surface area is 86.1 Å². The maximum absolute atomic E-state index is 5.45. The molecule has 0 saturated carbocycles. The molecule has 0 aliphatic carbocycles. The summed E-state index contributed by atoms with van der Waals surface area (Å²) in [5.74, 6) is 0. The van der Waals surface area contributed by atoms with Crippen LogP contribution in [-0.2, 0) is 17.8 Å². The van der Waals surface area contributed by atoms with E-state index in [-0.39, 0.29) is 0 Å². The SMILES string of the molecule is CCCOCCn1cccc1CNC. The molecule has 0 aliphatic rings. The molecular formula is C11H20N2O. The Morgan fingerprint density at radius 2 is 2.29 bits per heavy atom. The third-order valence-corrected chi connectivity index (χ3v) is 2.11. The van der Waals surface area contributed by atoms with Crippen LogP contribution in [0.4, 0.5) is 0 Å². The molecule has 0 fully saturated rings. The highest BCUT2D eigenvalue weighted by atomic mass is 16.5. The first-order valence-corrected chi connectivity index (χ1v) is 5.24. The summed E-state index contributed by atoms with van der Waals surface area (Å²) in [6.45, 7) is 5.66. The van der Waals surface area contributed by atoms with Crippen LogP contribution in [0.2, 0.25) is 0 Å². The molecule has 1 N–H and O–H groups in total. The van der Waals surface area contributed by atoms with E-state index in [2.05, 4.69) is 35.1 Å². The van der Waals surface area contributed by atoms with Crippen molar-refractivity contribution in [1.29, 1.82) is 0 Å². The zero-order valence-corrected chi connectivity index (χ0v) is 9.12. The van der Waals surface area contributed by atoms with Crippen molar-refractivity contribution >= 4 is 0 Å². The largest absolute Gasteiger partial charge is 0.380 e. The Balaban J connectivity index is 2.30. The molecule has 0 aliphatic heterocycles. The summed E-state index contributed by atoms with van der Waals surface area (Å²) in [4.78, 5) is 0. The first-order chi connectivity index (χ1) is 6.88. The van der Waals surface area contributed by atoms with Gasteiger partial charge in [0.05, 0.1) is 6.61 Å². The molecule has 1 rings (SSSR count). The van der Waals surface area contributed by atoms with Gasteiger partial charge in [-0.05, 0) is 25.6 Å². The fourth-order valence-corrected chi connectivity index (χ4v) is 1.42. The molecule has 1 aromatic rings. The van der Waals surface area contributed by atoms with Gasteiger partial charge in [-0.1, -0.05) is 6.92 Å². The Hall–Kier alpha value is -0.800. The summed E-state index contributed by atoms with van der Waals surface area (Å²) >= 11 is 0. The lowest BCUT2D eigenvalue weighted by Gasteiger charge is -2.08. The van der Waals surface area contributed by atoms with Gasteiger partial charge in [-0.2, -0.15) is 0 Å². The Morgan fingerprint density at radius 3 is 3.00 bits per heavy atom. The van der Waals surface area contributed by atoms with Crippen LogP contribution in [-0.4, -0.2) is 24.8 Å². The summed E-state index contributed by atoms with van der Waals surface area (Å²) in [6, 6.07) is 4.21. The van der Waals surface area contributed by atoms with Gasteiger partial charge in [-0.3, -0.25) is 0 Å². The van der Waals surface area contributed by atoms with Crippen molar-refractivity contribution < 1.29 is 4.74 Å². The van der Waals surface area contributed by atoms with Crippen LogP contribution < -0.4 is 5.32 Å². The average Bonchev–Trinajstić information content (AvgIpc) is 2.61. The first kappa shape index (κ1) is 11.3. The van der Waals surface area contributed by atoms with Gasteiger partial charge < -0.3 is 14.6 Å². The lowest BCUT2D eigenvalue weighted by Crippen LogP contribution is -2.13.